The second-order valence-corrected chi connectivity index (χ2v) is 4.82. The summed E-state index contributed by atoms with van der Waals surface area (Å²) in [5.74, 6) is 0. The molecule has 0 spiro atoms. The summed E-state index contributed by atoms with van der Waals surface area (Å²) in [5.41, 5.74) is 2.55. The first kappa shape index (κ1) is 14.3. The Bertz CT molecular complexity index is 489. The minimum atomic E-state index is 0.222. The van der Waals surface area contributed by atoms with Crippen molar-refractivity contribution in [2.45, 2.75) is 25.3 Å². The second-order valence-electron chi connectivity index (χ2n) is 4.82. The van der Waals surface area contributed by atoms with E-state index >= 15 is 0 Å². The van der Waals surface area contributed by atoms with Gasteiger partial charge in [0.2, 0.25) is 0 Å². The Hall–Kier alpha value is -2.11. The Kier molecular flexibility index (Phi) is 5.82. The predicted octanol–water partition coefficient (Wildman–Crippen LogP) is 4.06. The van der Waals surface area contributed by atoms with E-state index in [0.717, 1.165) is 19.4 Å². The summed E-state index contributed by atoms with van der Waals surface area (Å²) >= 11 is 0. The van der Waals surface area contributed by atoms with Crippen molar-refractivity contribution in [3.05, 3.63) is 71.8 Å². The molecule has 0 unspecified atom stereocenters. The highest BCUT2D eigenvalue weighted by Gasteiger charge is 2.12. The molecule has 0 aliphatic carbocycles. The third-order valence-electron chi connectivity index (χ3n) is 3.33. The number of nitriles is 1. The summed E-state index contributed by atoms with van der Waals surface area (Å²) in [4.78, 5) is 0. The molecule has 0 fully saturated rings. The van der Waals surface area contributed by atoms with Gasteiger partial charge in [-0.25, -0.2) is 0 Å². The molecule has 2 nitrogen and oxygen atoms in total. The molecular weight excluding hydrogens is 244 g/mol. The van der Waals surface area contributed by atoms with E-state index < -0.39 is 0 Å². The Balaban J connectivity index is 2.04. The molecule has 1 N–H and O–H groups in total. The quantitative estimate of drug-likeness (QED) is 0.765. The summed E-state index contributed by atoms with van der Waals surface area (Å²) in [5, 5.41) is 12.2. The van der Waals surface area contributed by atoms with Crippen molar-refractivity contribution in [1.29, 1.82) is 5.26 Å². The molecule has 2 aromatic carbocycles. The van der Waals surface area contributed by atoms with Crippen molar-refractivity contribution in [3.8, 4) is 6.07 Å². The minimum Gasteiger partial charge on any atom is -0.306 e. The molecular formula is C18H20N2. The van der Waals surface area contributed by atoms with Crippen LogP contribution in [0, 0.1) is 11.3 Å². The van der Waals surface area contributed by atoms with Gasteiger partial charge < -0.3 is 5.32 Å². The van der Waals surface area contributed by atoms with Gasteiger partial charge in [-0.3, -0.25) is 0 Å². The van der Waals surface area contributed by atoms with Gasteiger partial charge in [-0.2, -0.15) is 5.26 Å². The summed E-state index contributed by atoms with van der Waals surface area (Å²) in [6.07, 6.45) is 2.63. The lowest BCUT2D eigenvalue weighted by Crippen LogP contribution is -2.23. The molecule has 20 heavy (non-hydrogen) atoms. The standard InChI is InChI=1S/C18H20N2/c19-14-8-3-9-15-20-18(16-10-4-1-5-11-16)17-12-6-2-7-13-17/h1-2,4-7,10-13,18,20H,3,8-9,15H2. The molecule has 0 aromatic heterocycles. The van der Waals surface area contributed by atoms with E-state index in [-0.39, 0.29) is 6.04 Å². The lowest BCUT2D eigenvalue weighted by molar-refractivity contribution is 0.572. The monoisotopic (exact) mass is 264 g/mol. The normalized spacial score (nSPS) is 10.4. The Morgan fingerprint density at radius 1 is 0.850 bits per heavy atom. The maximum Gasteiger partial charge on any atom is 0.0621 e. The third-order valence-corrected chi connectivity index (χ3v) is 3.33. The van der Waals surface area contributed by atoms with Crippen LogP contribution in [0.3, 0.4) is 0 Å². The Labute approximate surface area is 121 Å². The first-order valence-electron chi connectivity index (χ1n) is 7.12. The molecule has 0 aliphatic heterocycles. The summed E-state index contributed by atoms with van der Waals surface area (Å²) in [7, 11) is 0. The third kappa shape index (κ3) is 4.22. The van der Waals surface area contributed by atoms with Crippen molar-refractivity contribution in [2.24, 2.45) is 0 Å². The highest BCUT2D eigenvalue weighted by Crippen LogP contribution is 2.21. The van der Waals surface area contributed by atoms with Crippen LogP contribution < -0.4 is 5.32 Å². The number of nitrogens with one attached hydrogen (secondary N) is 1. The molecule has 0 radical (unpaired) electrons. The highest BCUT2D eigenvalue weighted by atomic mass is 14.9. The van der Waals surface area contributed by atoms with Gasteiger partial charge in [0.15, 0.2) is 0 Å². The smallest absolute Gasteiger partial charge is 0.0621 e. The van der Waals surface area contributed by atoms with Crippen LogP contribution in [0.25, 0.3) is 0 Å². The number of unbranched alkanes of at least 4 members (excludes halogenated alkanes) is 2. The van der Waals surface area contributed by atoms with Gasteiger partial charge >= 0.3 is 0 Å². The summed E-state index contributed by atoms with van der Waals surface area (Å²) < 4.78 is 0. The molecule has 0 bridgehead atoms. The van der Waals surface area contributed by atoms with Crippen LogP contribution in [-0.2, 0) is 0 Å². The van der Waals surface area contributed by atoms with E-state index in [1.54, 1.807) is 0 Å². The van der Waals surface area contributed by atoms with Crippen molar-refractivity contribution in [1.82, 2.24) is 5.32 Å². The lowest BCUT2D eigenvalue weighted by atomic mass is 9.98. The van der Waals surface area contributed by atoms with Crippen molar-refractivity contribution < 1.29 is 0 Å². The van der Waals surface area contributed by atoms with Gasteiger partial charge in [0.25, 0.3) is 0 Å². The van der Waals surface area contributed by atoms with Gasteiger partial charge in [-0.15, -0.1) is 0 Å². The number of benzene rings is 2. The predicted molar refractivity (Wildman–Crippen MR) is 82.2 cm³/mol. The van der Waals surface area contributed by atoms with E-state index in [2.05, 4.69) is 59.9 Å². The zero-order valence-corrected chi connectivity index (χ0v) is 11.6. The highest BCUT2D eigenvalue weighted by molar-refractivity contribution is 5.31. The maximum absolute atomic E-state index is 8.56. The number of hydrogen-bond acceptors (Lipinski definition) is 2. The van der Waals surface area contributed by atoms with E-state index in [1.165, 1.54) is 11.1 Å². The summed E-state index contributed by atoms with van der Waals surface area (Å²) in [6, 6.07) is 23.4. The van der Waals surface area contributed by atoms with Crippen LogP contribution in [0.15, 0.2) is 60.7 Å². The number of hydrogen-bond donors (Lipinski definition) is 1. The van der Waals surface area contributed by atoms with Gasteiger partial charge in [0, 0.05) is 6.42 Å². The van der Waals surface area contributed by atoms with Gasteiger partial charge in [-0.1, -0.05) is 60.7 Å². The number of rotatable bonds is 7. The van der Waals surface area contributed by atoms with Crippen LogP contribution in [0.4, 0.5) is 0 Å². The average Bonchev–Trinajstić information content (AvgIpc) is 2.53. The fraction of sp³-hybridized carbons (Fsp3) is 0.278. The van der Waals surface area contributed by atoms with E-state index in [4.69, 9.17) is 5.26 Å². The first-order chi connectivity index (χ1) is 9.92. The lowest BCUT2D eigenvalue weighted by Gasteiger charge is -2.19. The van der Waals surface area contributed by atoms with Crippen molar-refractivity contribution in [3.63, 3.8) is 0 Å². The van der Waals surface area contributed by atoms with Gasteiger partial charge in [0.05, 0.1) is 12.1 Å². The molecule has 2 aromatic rings. The van der Waals surface area contributed by atoms with Crippen LogP contribution >= 0.6 is 0 Å². The van der Waals surface area contributed by atoms with E-state index in [9.17, 15) is 0 Å². The molecule has 2 heteroatoms. The summed E-state index contributed by atoms with van der Waals surface area (Å²) in [6.45, 7) is 0.927. The second kappa shape index (κ2) is 8.14. The Morgan fingerprint density at radius 3 is 1.90 bits per heavy atom. The van der Waals surface area contributed by atoms with Crippen LogP contribution in [0.5, 0.6) is 0 Å². The molecule has 2 rings (SSSR count). The fourth-order valence-corrected chi connectivity index (χ4v) is 2.29. The van der Waals surface area contributed by atoms with E-state index in [0.29, 0.717) is 6.42 Å². The molecule has 0 aliphatic rings. The van der Waals surface area contributed by atoms with Crippen LogP contribution in [0.1, 0.15) is 36.4 Å². The van der Waals surface area contributed by atoms with Crippen molar-refractivity contribution >= 4 is 0 Å². The minimum absolute atomic E-state index is 0.222. The molecule has 0 heterocycles. The molecule has 0 atom stereocenters. The molecule has 0 saturated heterocycles. The number of nitrogens with zero attached hydrogens (tertiary/aromatic N) is 1. The van der Waals surface area contributed by atoms with Gasteiger partial charge in [0.1, 0.15) is 0 Å². The zero-order valence-electron chi connectivity index (χ0n) is 11.6. The zero-order chi connectivity index (χ0) is 14.0. The molecule has 102 valence electrons. The maximum atomic E-state index is 8.56. The average molecular weight is 264 g/mol. The topological polar surface area (TPSA) is 35.8 Å². The first-order valence-corrected chi connectivity index (χ1v) is 7.12. The molecule has 0 saturated carbocycles. The van der Waals surface area contributed by atoms with Gasteiger partial charge in [-0.05, 0) is 30.5 Å². The van der Waals surface area contributed by atoms with Crippen molar-refractivity contribution in [2.75, 3.05) is 6.54 Å². The Morgan fingerprint density at radius 2 is 1.40 bits per heavy atom. The SMILES string of the molecule is N#CCCCCNC(c1ccccc1)c1ccccc1. The van der Waals surface area contributed by atoms with Crippen LogP contribution in [0.2, 0.25) is 0 Å². The van der Waals surface area contributed by atoms with Crippen LogP contribution in [-0.4, -0.2) is 6.54 Å². The fourth-order valence-electron chi connectivity index (χ4n) is 2.29. The van der Waals surface area contributed by atoms with E-state index in [1.807, 2.05) is 12.1 Å². The largest absolute Gasteiger partial charge is 0.306 e. The molecule has 0 amide bonds.